The van der Waals surface area contributed by atoms with Crippen LogP contribution >= 0.6 is 0 Å². The maximum atomic E-state index is 13.1. The predicted octanol–water partition coefficient (Wildman–Crippen LogP) is 3.79. The first-order valence-electron chi connectivity index (χ1n) is 10.6. The SMILES string of the molecule is CC1(C)C2CCC1(CS(=O)(=O)NCc1ccccc1)C(N1CCCCC1)C2. The molecule has 0 aromatic heterocycles. The van der Waals surface area contributed by atoms with Gasteiger partial charge in [-0.25, -0.2) is 13.1 Å². The van der Waals surface area contributed by atoms with E-state index in [0.717, 1.165) is 25.1 Å². The number of nitrogens with zero attached hydrogens (tertiary/aromatic N) is 1. The number of nitrogens with one attached hydrogen (secondary N) is 1. The van der Waals surface area contributed by atoms with Crippen molar-refractivity contribution in [2.24, 2.45) is 16.7 Å². The molecule has 3 unspecified atom stereocenters. The summed E-state index contributed by atoms with van der Waals surface area (Å²) in [6.07, 6.45) is 7.26. The van der Waals surface area contributed by atoms with E-state index in [1.165, 1.54) is 32.1 Å². The normalized spacial score (nSPS) is 33.4. The van der Waals surface area contributed by atoms with Gasteiger partial charge < -0.3 is 0 Å². The zero-order valence-corrected chi connectivity index (χ0v) is 17.6. The summed E-state index contributed by atoms with van der Waals surface area (Å²) < 4.78 is 29.2. The van der Waals surface area contributed by atoms with Gasteiger partial charge in [0.05, 0.1) is 5.75 Å². The molecule has 1 heterocycles. The molecule has 3 atom stereocenters. The first-order chi connectivity index (χ1) is 12.8. The Bertz CT molecular complexity index is 756. The molecule has 1 aromatic rings. The maximum absolute atomic E-state index is 13.1. The van der Waals surface area contributed by atoms with Gasteiger partial charge in [0.15, 0.2) is 0 Å². The van der Waals surface area contributed by atoms with Crippen molar-refractivity contribution in [3.05, 3.63) is 35.9 Å². The Morgan fingerprint density at radius 2 is 1.81 bits per heavy atom. The predicted molar refractivity (Wildman–Crippen MR) is 110 cm³/mol. The fourth-order valence-corrected chi connectivity index (χ4v) is 8.16. The lowest BCUT2D eigenvalue weighted by molar-refractivity contribution is 0.0348. The molecule has 150 valence electrons. The molecule has 1 aliphatic heterocycles. The van der Waals surface area contributed by atoms with Gasteiger partial charge in [-0.3, -0.25) is 4.90 Å². The second-order valence-corrected chi connectivity index (χ2v) is 11.3. The van der Waals surface area contributed by atoms with Crippen LogP contribution in [0.25, 0.3) is 0 Å². The highest BCUT2D eigenvalue weighted by Gasteiger charge is 2.66. The molecule has 1 saturated heterocycles. The van der Waals surface area contributed by atoms with Crippen LogP contribution in [-0.2, 0) is 16.6 Å². The van der Waals surface area contributed by atoms with Crippen LogP contribution < -0.4 is 4.72 Å². The van der Waals surface area contributed by atoms with Crippen LogP contribution in [0.1, 0.15) is 57.9 Å². The van der Waals surface area contributed by atoms with Crippen molar-refractivity contribution in [1.29, 1.82) is 0 Å². The Morgan fingerprint density at radius 3 is 2.48 bits per heavy atom. The molecule has 0 amide bonds. The van der Waals surface area contributed by atoms with E-state index in [1.807, 2.05) is 30.3 Å². The third kappa shape index (κ3) is 3.47. The van der Waals surface area contributed by atoms with E-state index < -0.39 is 10.0 Å². The Morgan fingerprint density at radius 1 is 1.11 bits per heavy atom. The van der Waals surface area contributed by atoms with Crippen LogP contribution in [0.4, 0.5) is 0 Å². The fraction of sp³-hybridized carbons (Fsp3) is 0.727. The lowest BCUT2D eigenvalue weighted by Crippen LogP contribution is -2.54. The second kappa shape index (κ2) is 7.16. The molecule has 0 spiro atoms. The molecule has 0 radical (unpaired) electrons. The van der Waals surface area contributed by atoms with Crippen LogP contribution in [-0.4, -0.2) is 38.2 Å². The smallest absolute Gasteiger partial charge is 0.212 e. The van der Waals surface area contributed by atoms with E-state index in [0.29, 0.717) is 18.5 Å². The van der Waals surface area contributed by atoms with Crippen molar-refractivity contribution in [3.63, 3.8) is 0 Å². The van der Waals surface area contributed by atoms with Gasteiger partial charge in [-0.2, -0.15) is 0 Å². The highest BCUT2D eigenvalue weighted by Crippen LogP contribution is 2.67. The highest BCUT2D eigenvalue weighted by molar-refractivity contribution is 7.89. The average Bonchev–Trinajstić information content (AvgIpc) is 3.02. The van der Waals surface area contributed by atoms with Crippen LogP contribution in [0.3, 0.4) is 0 Å². The van der Waals surface area contributed by atoms with Gasteiger partial charge in [-0.05, 0) is 62.1 Å². The van der Waals surface area contributed by atoms with E-state index >= 15 is 0 Å². The Balaban J connectivity index is 1.54. The number of rotatable bonds is 6. The standard InChI is InChI=1S/C22H34N2O2S/c1-21(2)19-11-12-22(21,20(15-19)24-13-7-4-8-14-24)17-27(25,26)23-16-18-9-5-3-6-10-18/h3,5-6,9-10,19-20,23H,4,7-8,11-17H2,1-2H3. The van der Waals surface area contributed by atoms with Crippen molar-refractivity contribution < 1.29 is 8.42 Å². The topological polar surface area (TPSA) is 49.4 Å². The summed E-state index contributed by atoms with van der Waals surface area (Å²) >= 11 is 0. The van der Waals surface area contributed by atoms with E-state index in [4.69, 9.17) is 0 Å². The molecule has 2 aliphatic carbocycles. The van der Waals surface area contributed by atoms with Gasteiger partial charge in [0, 0.05) is 18.0 Å². The molecule has 3 fully saturated rings. The van der Waals surface area contributed by atoms with Crippen LogP contribution in [0.2, 0.25) is 0 Å². The highest BCUT2D eigenvalue weighted by atomic mass is 32.2. The van der Waals surface area contributed by atoms with Crippen LogP contribution in [0.5, 0.6) is 0 Å². The van der Waals surface area contributed by atoms with Crippen molar-refractivity contribution in [1.82, 2.24) is 9.62 Å². The van der Waals surface area contributed by atoms with Crippen molar-refractivity contribution >= 4 is 10.0 Å². The molecule has 4 rings (SSSR count). The number of hydrogen-bond donors (Lipinski definition) is 1. The minimum atomic E-state index is -3.33. The number of hydrogen-bond acceptors (Lipinski definition) is 3. The van der Waals surface area contributed by atoms with E-state index in [-0.39, 0.29) is 16.6 Å². The molecule has 5 heteroatoms. The first-order valence-corrected chi connectivity index (χ1v) is 12.2. The molecule has 2 bridgehead atoms. The number of piperidine rings is 1. The summed E-state index contributed by atoms with van der Waals surface area (Å²) in [7, 11) is -3.33. The van der Waals surface area contributed by atoms with Gasteiger partial charge in [0.2, 0.25) is 10.0 Å². The lowest BCUT2D eigenvalue weighted by Gasteiger charge is -2.47. The molecule has 4 nitrogen and oxygen atoms in total. The fourth-order valence-electron chi connectivity index (χ4n) is 6.29. The molecular weight excluding hydrogens is 356 g/mol. The first kappa shape index (κ1) is 19.4. The zero-order chi connectivity index (χ0) is 19.1. The summed E-state index contributed by atoms with van der Waals surface area (Å²) in [4.78, 5) is 2.64. The quantitative estimate of drug-likeness (QED) is 0.804. The Labute approximate surface area is 164 Å². The molecule has 27 heavy (non-hydrogen) atoms. The van der Waals surface area contributed by atoms with E-state index in [1.54, 1.807) is 0 Å². The molecular formula is C22H34N2O2S. The molecule has 1 N–H and O–H groups in total. The van der Waals surface area contributed by atoms with Crippen LogP contribution in [0, 0.1) is 16.7 Å². The molecule has 2 saturated carbocycles. The summed E-state index contributed by atoms with van der Waals surface area (Å²) in [6.45, 7) is 7.35. The molecule has 3 aliphatic rings. The monoisotopic (exact) mass is 390 g/mol. The van der Waals surface area contributed by atoms with Crippen molar-refractivity contribution in [2.75, 3.05) is 18.8 Å². The van der Waals surface area contributed by atoms with Crippen molar-refractivity contribution in [2.45, 2.75) is 65.0 Å². The van der Waals surface area contributed by atoms with E-state index in [9.17, 15) is 8.42 Å². The third-order valence-corrected chi connectivity index (χ3v) is 9.49. The van der Waals surface area contributed by atoms with Gasteiger partial charge in [-0.15, -0.1) is 0 Å². The largest absolute Gasteiger partial charge is 0.300 e. The van der Waals surface area contributed by atoms with Crippen molar-refractivity contribution in [3.8, 4) is 0 Å². The summed E-state index contributed by atoms with van der Waals surface area (Å²) in [5, 5.41) is 0. The van der Waals surface area contributed by atoms with Gasteiger partial charge in [-0.1, -0.05) is 50.6 Å². The Kier molecular flexibility index (Phi) is 5.15. The lowest BCUT2D eigenvalue weighted by atomic mass is 9.68. The molecule has 1 aromatic carbocycles. The van der Waals surface area contributed by atoms with Gasteiger partial charge >= 0.3 is 0 Å². The van der Waals surface area contributed by atoms with E-state index in [2.05, 4.69) is 23.5 Å². The Hall–Kier alpha value is -0.910. The summed E-state index contributed by atoms with van der Waals surface area (Å²) in [5.74, 6) is 0.936. The number of benzene rings is 1. The number of sulfonamides is 1. The number of fused-ring (bicyclic) bond motifs is 2. The third-order valence-electron chi connectivity index (χ3n) is 8.01. The maximum Gasteiger partial charge on any atom is 0.212 e. The summed E-state index contributed by atoms with van der Waals surface area (Å²) in [6, 6.07) is 10.2. The average molecular weight is 391 g/mol. The minimum absolute atomic E-state index is 0.0939. The minimum Gasteiger partial charge on any atom is -0.300 e. The number of likely N-dealkylation sites (tertiary alicyclic amines) is 1. The van der Waals surface area contributed by atoms with Gasteiger partial charge in [0.25, 0.3) is 0 Å². The van der Waals surface area contributed by atoms with Crippen LogP contribution in [0.15, 0.2) is 30.3 Å². The zero-order valence-electron chi connectivity index (χ0n) is 16.8. The van der Waals surface area contributed by atoms with Gasteiger partial charge in [0.1, 0.15) is 0 Å². The second-order valence-electron chi connectivity index (χ2n) is 9.53. The summed E-state index contributed by atoms with van der Waals surface area (Å²) in [5.41, 5.74) is 0.995.